The highest BCUT2D eigenvalue weighted by molar-refractivity contribution is 5.58. The van der Waals surface area contributed by atoms with Gasteiger partial charge in [0.05, 0.1) is 0 Å². The first-order valence-corrected chi connectivity index (χ1v) is 9.64. The molecule has 0 amide bonds. The van der Waals surface area contributed by atoms with Crippen molar-refractivity contribution in [3.63, 3.8) is 0 Å². The molecule has 2 unspecified atom stereocenters. The monoisotopic (exact) mass is 328 g/mol. The maximum absolute atomic E-state index is 13.5. The summed E-state index contributed by atoms with van der Waals surface area (Å²) >= 11 is 0. The van der Waals surface area contributed by atoms with Gasteiger partial charge in [0, 0.05) is 0 Å². The zero-order valence-electron chi connectivity index (χ0n) is 15.7. The Labute approximate surface area is 147 Å². The smallest absolute Gasteiger partial charge is 0.126 e. The molecule has 2 rings (SSSR count). The molecule has 1 aliphatic carbocycles. The van der Waals surface area contributed by atoms with Crippen molar-refractivity contribution in [3.05, 3.63) is 52.9 Å². The highest BCUT2D eigenvalue weighted by atomic mass is 19.1. The minimum Gasteiger partial charge on any atom is -0.207 e. The molecule has 0 heterocycles. The van der Waals surface area contributed by atoms with Gasteiger partial charge in [0.25, 0.3) is 0 Å². The summed E-state index contributed by atoms with van der Waals surface area (Å²) in [4.78, 5) is 0. The number of allylic oxidation sites excluding steroid dienone is 2. The number of hydrogen-bond acceptors (Lipinski definition) is 0. The van der Waals surface area contributed by atoms with E-state index >= 15 is 0 Å². The molecule has 0 saturated heterocycles. The van der Waals surface area contributed by atoms with E-state index in [1.165, 1.54) is 43.3 Å². The molecule has 1 saturated carbocycles. The van der Waals surface area contributed by atoms with Crippen LogP contribution in [0, 0.1) is 24.6 Å². The lowest BCUT2D eigenvalue weighted by atomic mass is 9.79. The summed E-state index contributed by atoms with van der Waals surface area (Å²) in [6.07, 6.45) is 12.3. The minimum absolute atomic E-state index is 0.128. The van der Waals surface area contributed by atoms with Gasteiger partial charge in [-0.2, -0.15) is 0 Å². The van der Waals surface area contributed by atoms with Crippen molar-refractivity contribution in [2.24, 2.45) is 11.8 Å². The molecule has 0 N–H and O–H groups in total. The van der Waals surface area contributed by atoms with Crippen molar-refractivity contribution in [3.8, 4) is 0 Å². The predicted octanol–water partition coefficient (Wildman–Crippen LogP) is 7.48. The minimum atomic E-state index is -0.128. The van der Waals surface area contributed by atoms with Gasteiger partial charge >= 0.3 is 0 Å². The second-order valence-electron chi connectivity index (χ2n) is 7.71. The van der Waals surface area contributed by atoms with Gasteiger partial charge in [-0.15, -0.1) is 0 Å². The summed E-state index contributed by atoms with van der Waals surface area (Å²) in [5.41, 5.74) is 4.42. The molecule has 2 atom stereocenters. The fourth-order valence-corrected chi connectivity index (χ4v) is 3.95. The van der Waals surface area contributed by atoms with E-state index in [-0.39, 0.29) is 5.82 Å². The molecule has 1 aromatic carbocycles. The molecular weight excluding hydrogens is 295 g/mol. The molecule has 1 aromatic rings. The molecule has 0 aromatic heterocycles. The van der Waals surface area contributed by atoms with Crippen LogP contribution in [0.5, 0.6) is 0 Å². The lowest BCUT2D eigenvalue weighted by Gasteiger charge is -2.27. The van der Waals surface area contributed by atoms with Crippen molar-refractivity contribution in [2.45, 2.75) is 72.1 Å². The van der Waals surface area contributed by atoms with Gasteiger partial charge in [-0.1, -0.05) is 63.8 Å². The zero-order chi connectivity index (χ0) is 17.5. The van der Waals surface area contributed by atoms with Gasteiger partial charge in [-0.25, -0.2) is 4.39 Å². The van der Waals surface area contributed by atoms with Crippen molar-refractivity contribution < 1.29 is 4.39 Å². The van der Waals surface area contributed by atoms with Crippen molar-refractivity contribution in [1.29, 1.82) is 0 Å². The standard InChI is InChI=1S/C23H33F/c1-5-7-18(3)22(12-10-20-9-6-8-17(2)14-20)16-21-11-13-23(24)19(4)15-21/h11,13,15-17,20H,3,5-10,12,14H2,1-2,4H3/b22-16-. The molecule has 0 aliphatic heterocycles. The SMILES string of the molecule is C=C(CCC)/C(=C\c1ccc(F)c(C)c1)CCC1CCCC(C)C1. The molecular formula is C23H33F. The first-order chi connectivity index (χ1) is 11.5. The summed E-state index contributed by atoms with van der Waals surface area (Å²) in [7, 11) is 0. The maximum Gasteiger partial charge on any atom is 0.126 e. The van der Waals surface area contributed by atoms with E-state index in [4.69, 9.17) is 0 Å². The Morgan fingerprint density at radius 2 is 2.08 bits per heavy atom. The topological polar surface area (TPSA) is 0 Å². The van der Waals surface area contributed by atoms with Crippen LogP contribution < -0.4 is 0 Å². The van der Waals surface area contributed by atoms with E-state index < -0.39 is 0 Å². The van der Waals surface area contributed by atoms with Crippen LogP contribution >= 0.6 is 0 Å². The summed E-state index contributed by atoms with van der Waals surface area (Å²) < 4.78 is 13.5. The Balaban J connectivity index is 2.10. The van der Waals surface area contributed by atoms with E-state index in [0.717, 1.165) is 36.7 Å². The third-order valence-electron chi connectivity index (χ3n) is 5.40. The number of benzene rings is 1. The molecule has 132 valence electrons. The number of halogens is 1. The highest BCUT2D eigenvalue weighted by Gasteiger charge is 2.19. The second kappa shape index (κ2) is 9.20. The first kappa shape index (κ1) is 19.0. The molecule has 1 aliphatic rings. The van der Waals surface area contributed by atoms with Crippen LogP contribution in [0.2, 0.25) is 0 Å². The third kappa shape index (κ3) is 5.61. The number of hydrogen-bond donors (Lipinski definition) is 0. The van der Waals surface area contributed by atoms with Gasteiger partial charge < -0.3 is 0 Å². The van der Waals surface area contributed by atoms with Gasteiger partial charge in [0.15, 0.2) is 0 Å². The summed E-state index contributed by atoms with van der Waals surface area (Å²) in [5.74, 6) is 1.62. The fourth-order valence-electron chi connectivity index (χ4n) is 3.95. The largest absolute Gasteiger partial charge is 0.207 e. The zero-order valence-corrected chi connectivity index (χ0v) is 15.7. The molecule has 0 nitrogen and oxygen atoms in total. The van der Waals surface area contributed by atoms with Gasteiger partial charge in [-0.3, -0.25) is 0 Å². The van der Waals surface area contributed by atoms with Gasteiger partial charge in [0.2, 0.25) is 0 Å². The average Bonchev–Trinajstić information content (AvgIpc) is 2.55. The van der Waals surface area contributed by atoms with Crippen LogP contribution in [-0.4, -0.2) is 0 Å². The van der Waals surface area contributed by atoms with Crippen molar-refractivity contribution in [2.75, 3.05) is 0 Å². The van der Waals surface area contributed by atoms with Crippen LogP contribution in [-0.2, 0) is 0 Å². The lowest BCUT2D eigenvalue weighted by Crippen LogP contribution is -2.13. The third-order valence-corrected chi connectivity index (χ3v) is 5.40. The Bertz CT molecular complexity index is 582. The normalized spacial score (nSPS) is 21.8. The van der Waals surface area contributed by atoms with Crippen molar-refractivity contribution >= 4 is 6.08 Å². The van der Waals surface area contributed by atoms with E-state index in [1.807, 2.05) is 19.1 Å². The van der Waals surface area contributed by atoms with Gasteiger partial charge in [0.1, 0.15) is 5.82 Å². The Morgan fingerprint density at radius 1 is 1.29 bits per heavy atom. The van der Waals surface area contributed by atoms with E-state index in [9.17, 15) is 4.39 Å². The summed E-state index contributed by atoms with van der Waals surface area (Å²) in [5, 5.41) is 0. The highest BCUT2D eigenvalue weighted by Crippen LogP contribution is 2.34. The van der Waals surface area contributed by atoms with Crippen LogP contribution in [0.3, 0.4) is 0 Å². The molecule has 0 spiro atoms. The van der Waals surface area contributed by atoms with Crippen LogP contribution in [0.25, 0.3) is 6.08 Å². The second-order valence-corrected chi connectivity index (χ2v) is 7.71. The molecule has 0 radical (unpaired) electrons. The number of rotatable bonds is 7. The lowest BCUT2D eigenvalue weighted by molar-refractivity contribution is 0.270. The first-order valence-electron chi connectivity index (χ1n) is 9.64. The summed E-state index contributed by atoms with van der Waals surface area (Å²) in [6.45, 7) is 10.7. The Kier molecular flexibility index (Phi) is 7.27. The molecule has 0 bridgehead atoms. The average molecular weight is 329 g/mol. The molecule has 24 heavy (non-hydrogen) atoms. The van der Waals surface area contributed by atoms with E-state index in [1.54, 1.807) is 6.07 Å². The predicted molar refractivity (Wildman–Crippen MR) is 104 cm³/mol. The summed E-state index contributed by atoms with van der Waals surface area (Å²) in [6, 6.07) is 5.39. The van der Waals surface area contributed by atoms with Crippen molar-refractivity contribution in [1.82, 2.24) is 0 Å². The molecule has 1 fully saturated rings. The quantitative estimate of drug-likeness (QED) is 0.455. The van der Waals surface area contributed by atoms with Gasteiger partial charge in [-0.05, 0) is 73.3 Å². The van der Waals surface area contributed by atoms with Crippen LogP contribution in [0.15, 0.2) is 35.9 Å². The Hall–Kier alpha value is -1.37. The van der Waals surface area contributed by atoms with Crippen LogP contribution in [0.1, 0.15) is 76.3 Å². The van der Waals surface area contributed by atoms with Crippen LogP contribution in [0.4, 0.5) is 4.39 Å². The maximum atomic E-state index is 13.5. The fraction of sp³-hybridized carbons (Fsp3) is 0.565. The number of aryl methyl sites for hydroxylation is 1. The molecule has 1 heteroatoms. The van der Waals surface area contributed by atoms with E-state index in [0.29, 0.717) is 5.56 Å². The van der Waals surface area contributed by atoms with E-state index in [2.05, 4.69) is 26.5 Å². The Morgan fingerprint density at radius 3 is 2.75 bits per heavy atom.